The second kappa shape index (κ2) is 7.24. The molecule has 1 aromatic carbocycles. The van der Waals surface area contributed by atoms with E-state index in [0.717, 1.165) is 12.0 Å². The molecule has 0 radical (unpaired) electrons. The molecule has 0 aliphatic carbocycles. The summed E-state index contributed by atoms with van der Waals surface area (Å²) in [5.41, 5.74) is 1.60. The highest BCUT2D eigenvalue weighted by Crippen LogP contribution is 2.21. The highest BCUT2D eigenvalue weighted by atomic mass is 16.5. The number of rotatable bonds is 5. The summed E-state index contributed by atoms with van der Waals surface area (Å²) in [7, 11) is 0. The Balaban J connectivity index is 1.64. The molecule has 5 nitrogen and oxygen atoms in total. The number of carbonyl (C=O) groups excluding carboxylic acids is 1. The lowest BCUT2D eigenvalue weighted by molar-refractivity contribution is 0.0781. The maximum Gasteiger partial charge on any atom is 0.253 e. The maximum atomic E-state index is 12.5. The molecule has 1 amide bonds. The van der Waals surface area contributed by atoms with Gasteiger partial charge >= 0.3 is 0 Å². The van der Waals surface area contributed by atoms with Gasteiger partial charge in [-0.25, -0.2) is 0 Å². The van der Waals surface area contributed by atoms with Crippen LogP contribution in [0.25, 0.3) is 0 Å². The lowest BCUT2D eigenvalue weighted by atomic mass is 10.1. The van der Waals surface area contributed by atoms with Gasteiger partial charge in [0.25, 0.3) is 5.91 Å². The first-order valence-electron chi connectivity index (χ1n) is 7.78. The summed E-state index contributed by atoms with van der Waals surface area (Å²) in [5, 5.41) is 9.20. The van der Waals surface area contributed by atoms with Gasteiger partial charge in [0, 0.05) is 49.1 Å². The first kappa shape index (κ1) is 15.5. The van der Waals surface area contributed by atoms with Crippen molar-refractivity contribution >= 4 is 5.91 Å². The summed E-state index contributed by atoms with van der Waals surface area (Å²) < 4.78 is 5.74. The number of pyridine rings is 1. The number of benzene rings is 1. The van der Waals surface area contributed by atoms with Crippen molar-refractivity contribution in [1.29, 1.82) is 0 Å². The van der Waals surface area contributed by atoms with Crippen molar-refractivity contribution in [2.24, 2.45) is 5.92 Å². The smallest absolute Gasteiger partial charge is 0.253 e. The topological polar surface area (TPSA) is 62.7 Å². The minimum atomic E-state index is -0.00669. The van der Waals surface area contributed by atoms with E-state index in [2.05, 4.69) is 4.98 Å². The van der Waals surface area contributed by atoms with Gasteiger partial charge in [0.2, 0.25) is 0 Å². The van der Waals surface area contributed by atoms with E-state index < -0.39 is 0 Å². The number of hydrogen-bond acceptors (Lipinski definition) is 4. The van der Waals surface area contributed by atoms with Crippen LogP contribution >= 0.6 is 0 Å². The number of aliphatic hydroxyl groups is 1. The number of likely N-dealkylation sites (tertiary alicyclic amines) is 1. The molecule has 1 unspecified atom stereocenters. The number of hydrogen-bond donors (Lipinski definition) is 1. The molecule has 0 saturated carbocycles. The molecule has 1 saturated heterocycles. The SMILES string of the molecule is O=C(c1cccc(OCc2cccnc2)c1)N1CCC(CO)C1. The van der Waals surface area contributed by atoms with Gasteiger partial charge in [-0.3, -0.25) is 9.78 Å². The van der Waals surface area contributed by atoms with Crippen LogP contribution in [0.3, 0.4) is 0 Å². The minimum Gasteiger partial charge on any atom is -0.489 e. The van der Waals surface area contributed by atoms with E-state index in [9.17, 15) is 9.90 Å². The predicted octanol–water partition coefficient (Wildman–Crippen LogP) is 2.12. The molecule has 1 N–H and O–H groups in total. The Bertz CT molecular complexity index is 660. The zero-order valence-corrected chi connectivity index (χ0v) is 12.9. The van der Waals surface area contributed by atoms with E-state index in [0.29, 0.717) is 31.0 Å². The predicted molar refractivity (Wildman–Crippen MR) is 86.1 cm³/mol. The second-order valence-electron chi connectivity index (χ2n) is 5.77. The van der Waals surface area contributed by atoms with Crippen molar-refractivity contribution in [3.63, 3.8) is 0 Å². The standard InChI is InChI=1S/C18H20N2O3/c21-12-15-6-8-20(11-15)18(22)16-4-1-5-17(9-16)23-13-14-3-2-7-19-10-14/h1-5,7,9-10,15,21H,6,8,11-13H2. The summed E-state index contributed by atoms with van der Waals surface area (Å²) in [6.07, 6.45) is 4.34. The van der Waals surface area contributed by atoms with E-state index in [1.807, 2.05) is 24.3 Å². The highest BCUT2D eigenvalue weighted by Gasteiger charge is 2.26. The number of amides is 1. The Hall–Kier alpha value is -2.40. The van der Waals surface area contributed by atoms with Gasteiger partial charge in [-0.15, -0.1) is 0 Å². The van der Waals surface area contributed by atoms with E-state index in [1.165, 1.54) is 0 Å². The number of ether oxygens (including phenoxy) is 1. The van der Waals surface area contributed by atoms with Crippen LogP contribution in [0.5, 0.6) is 5.75 Å². The molecular weight excluding hydrogens is 292 g/mol. The minimum absolute atomic E-state index is 0.00669. The van der Waals surface area contributed by atoms with Gasteiger partial charge in [0.15, 0.2) is 0 Å². The molecule has 2 aromatic rings. The Morgan fingerprint density at radius 2 is 2.26 bits per heavy atom. The van der Waals surface area contributed by atoms with Crippen molar-refractivity contribution in [3.8, 4) is 5.75 Å². The van der Waals surface area contributed by atoms with Crippen molar-refractivity contribution in [2.45, 2.75) is 13.0 Å². The Morgan fingerprint density at radius 3 is 3.00 bits per heavy atom. The summed E-state index contributed by atoms with van der Waals surface area (Å²) in [4.78, 5) is 18.4. The van der Waals surface area contributed by atoms with Crippen molar-refractivity contribution in [2.75, 3.05) is 19.7 Å². The van der Waals surface area contributed by atoms with Crippen LogP contribution in [0.1, 0.15) is 22.3 Å². The fourth-order valence-electron chi connectivity index (χ4n) is 2.72. The largest absolute Gasteiger partial charge is 0.489 e. The van der Waals surface area contributed by atoms with Crippen molar-refractivity contribution < 1.29 is 14.6 Å². The summed E-state index contributed by atoms with van der Waals surface area (Å²) in [5.74, 6) is 0.856. The van der Waals surface area contributed by atoms with Crippen LogP contribution < -0.4 is 4.74 Å². The molecular formula is C18H20N2O3. The monoisotopic (exact) mass is 312 g/mol. The van der Waals surface area contributed by atoms with Gasteiger partial charge in [0.1, 0.15) is 12.4 Å². The van der Waals surface area contributed by atoms with Crippen LogP contribution in [0, 0.1) is 5.92 Å². The van der Waals surface area contributed by atoms with Crippen LogP contribution in [-0.2, 0) is 6.61 Å². The molecule has 2 heterocycles. The number of carbonyl (C=O) groups is 1. The average molecular weight is 312 g/mol. The lowest BCUT2D eigenvalue weighted by Crippen LogP contribution is -2.29. The summed E-state index contributed by atoms with van der Waals surface area (Å²) in [6, 6.07) is 11.0. The number of aromatic nitrogens is 1. The lowest BCUT2D eigenvalue weighted by Gasteiger charge is -2.16. The van der Waals surface area contributed by atoms with Crippen LogP contribution in [-0.4, -0.2) is 40.6 Å². The molecule has 120 valence electrons. The molecule has 0 bridgehead atoms. The molecule has 1 aliphatic heterocycles. The fourth-order valence-corrected chi connectivity index (χ4v) is 2.72. The van der Waals surface area contributed by atoms with Crippen molar-refractivity contribution in [1.82, 2.24) is 9.88 Å². The number of aliphatic hydroxyl groups excluding tert-OH is 1. The van der Waals surface area contributed by atoms with E-state index in [-0.39, 0.29) is 18.4 Å². The fraction of sp³-hybridized carbons (Fsp3) is 0.333. The van der Waals surface area contributed by atoms with Gasteiger partial charge in [-0.05, 0) is 30.7 Å². The Kier molecular flexibility index (Phi) is 4.88. The third-order valence-corrected chi connectivity index (χ3v) is 4.04. The zero-order valence-electron chi connectivity index (χ0n) is 12.9. The molecule has 1 atom stereocenters. The van der Waals surface area contributed by atoms with Gasteiger partial charge in [-0.2, -0.15) is 0 Å². The van der Waals surface area contributed by atoms with Crippen LogP contribution in [0.15, 0.2) is 48.8 Å². The summed E-state index contributed by atoms with van der Waals surface area (Å²) in [6.45, 7) is 1.88. The Labute approximate surface area is 135 Å². The molecule has 1 fully saturated rings. The molecule has 23 heavy (non-hydrogen) atoms. The molecule has 5 heteroatoms. The zero-order chi connectivity index (χ0) is 16.1. The van der Waals surface area contributed by atoms with Gasteiger partial charge in [-0.1, -0.05) is 12.1 Å². The van der Waals surface area contributed by atoms with Gasteiger partial charge < -0.3 is 14.7 Å². The van der Waals surface area contributed by atoms with E-state index in [4.69, 9.17) is 4.74 Å². The normalized spacial score (nSPS) is 17.3. The molecule has 1 aromatic heterocycles. The first-order valence-corrected chi connectivity index (χ1v) is 7.78. The van der Waals surface area contributed by atoms with E-state index >= 15 is 0 Å². The first-order chi connectivity index (χ1) is 11.3. The average Bonchev–Trinajstić information content (AvgIpc) is 3.10. The maximum absolute atomic E-state index is 12.5. The molecule has 0 spiro atoms. The van der Waals surface area contributed by atoms with Crippen molar-refractivity contribution in [3.05, 3.63) is 59.9 Å². The quantitative estimate of drug-likeness (QED) is 0.918. The Morgan fingerprint density at radius 1 is 1.35 bits per heavy atom. The van der Waals surface area contributed by atoms with Crippen LogP contribution in [0.2, 0.25) is 0 Å². The molecule has 3 rings (SSSR count). The highest BCUT2D eigenvalue weighted by molar-refractivity contribution is 5.94. The number of nitrogens with zero attached hydrogens (tertiary/aromatic N) is 2. The van der Waals surface area contributed by atoms with Gasteiger partial charge in [0.05, 0.1) is 0 Å². The third kappa shape index (κ3) is 3.87. The van der Waals surface area contributed by atoms with E-state index in [1.54, 1.807) is 29.4 Å². The van der Waals surface area contributed by atoms with Crippen LogP contribution in [0.4, 0.5) is 0 Å². The second-order valence-corrected chi connectivity index (χ2v) is 5.77. The summed E-state index contributed by atoms with van der Waals surface area (Å²) >= 11 is 0. The third-order valence-electron chi connectivity index (χ3n) is 4.04. The molecule has 1 aliphatic rings.